The van der Waals surface area contributed by atoms with Crippen LogP contribution in [0.4, 0.5) is 0 Å². The molecular formula is C14H28N2S. The van der Waals surface area contributed by atoms with Crippen LogP contribution in [0.3, 0.4) is 0 Å². The average Bonchev–Trinajstić information content (AvgIpc) is 2.78. The number of thioether (sulfide) groups is 1. The van der Waals surface area contributed by atoms with E-state index in [0.29, 0.717) is 0 Å². The smallest absolute Gasteiger partial charge is 0.0111 e. The van der Waals surface area contributed by atoms with Gasteiger partial charge in [-0.3, -0.25) is 4.90 Å². The fourth-order valence-electron chi connectivity index (χ4n) is 2.99. The largest absolute Gasteiger partial charge is 0.316 e. The predicted octanol–water partition coefficient (Wildman–Crippen LogP) is 2.45. The molecule has 2 saturated heterocycles. The third-order valence-corrected chi connectivity index (χ3v) is 5.06. The molecule has 1 unspecified atom stereocenters. The van der Waals surface area contributed by atoms with Crippen LogP contribution in [0.2, 0.25) is 0 Å². The van der Waals surface area contributed by atoms with Crippen molar-refractivity contribution in [3.63, 3.8) is 0 Å². The van der Waals surface area contributed by atoms with Gasteiger partial charge in [0.2, 0.25) is 0 Å². The average molecular weight is 256 g/mol. The van der Waals surface area contributed by atoms with Gasteiger partial charge in [0.1, 0.15) is 0 Å². The molecule has 0 radical (unpaired) electrons. The Labute approximate surface area is 111 Å². The van der Waals surface area contributed by atoms with E-state index in [-0.39, 0.29) is 0 Å². The summed E-state index contributed by atoms with van der Waals surface area (Å²) in [6, 6.07) is 0.909. The Morgan fingerprint density at radius 3 is 2.71 bits per heavy atom. The molecular weight excluding hydrogens is 228 g/mol. The summed E-state index contributed by atoms with van der Waals surface area (Å²) in [5.41, 5.74) is 0. The Kier molecular flexibility index (Phi) is 5.64. The first-order valence-corrected chi connectivity index (χ1v) is 8.43. The molecule has 0 aromatic heterocycles. The van der Waals surface area contributed by atoms with Crippen molar-refractivity contribution in [2.75, 3.05) is 37.7 Å². The van der Waals surface area contributed by atoms with Crippen molar-refractivity contribution in [3.8, 4) is 0 Å². The maximum absolute atomic E-state index is 3.62. The second-order valence-corrected chi connectivity index (χ2v) is 7.27. The van der Waals surface area contributed by atoms with E-state index in [1.165, 1.54) is 56.9 Å². The van der Waals surface area contributed by atoms with Crippen LogP contribution in [0.25, 0.3) is 0 Å². The maximum atomic E-state index is 3.62. The van der Waals surface area contributed by atoms with Crippen LogP contribution in [0.5, 0.6) is 0 Å². The number of hydrogen-bond acceptors (Lipinski definition) is 3. The van der Waals surface area contributed by atoms with Gasteiger partial charge in [-0.2, -0.15) is 11.8 Å². The van der Waals surface area contributed by atoms with Crippen LogP contribution in [0.15, 0.2) is 0 Å². The topological polar surface area (TPSA) is 15.3 Å². The molecule has 0 bridgehead atoms. The zero-order valence-corrected chi connectivity index (χ0v) is 12.3. The highest BCUT2D eigenvalue weighted by molar-refractivity contribution is 7.99. The zero-order chi connectivity index (χ0) is 12.1. The summed E-state index contributed by atoms with van der Waals surface area (Å²) in [6.45, 7) is 9.68. The molecule has 2 aliphatic rings. The molecule has 0 aliphatic carbocycles. The highest BCUT2D eigenvalue weighted by atomic mass is 32.2. The van der Waals surface area contributed by atoms with Crippen molar-refractivity contribution in [1.29, 1.82) is 0 Å². The van der Waals surface area contributed by atoms with Crippen molar-refractivity contribution in [1.82, 2.24) is 10.2 Å². The number of nitrogens with one attached hydrogen (secondary N) is 1. The third-order valence-electron chi connectivity index (χ3n) is 4.01. The van der Waals surface area contributed by atoms with Crippen molar-refractivity contribution in [2.24, 2.45) is 11.8 Å². The van der Waals surface area contributed by atoms with E-state index >= 15 is 0 Å². The molecule has 0 aromatic rings. The summed E-state index contributed by atoms with van der Waals surface area (Å²) < 4.78 is 0. The summed E-state index contributed by atoms with van der Waals surface area (Å²) in [5, 5.41) is 3.62. The highest BCUT2D eigenvalue weighted by Crippen LogP contribution is 2.26. The van der Waals surface area contributed by atoms with Crippen LogP contribution < -0.4 is 5.32 Å². The van der Waals surface area contributed by atoms with E-state index in [1.807, 2.05) is 0 Å². The Hall–Kier alpha value is 0.270. The van der Waals surface area contributed by atoms with Gasteiger partial charge in [0.05, 0.1) is 0 Å². The molecule has 2 fully saturated rings. The van der Waals surface area contributed by atoms with Gasteiger partial charge in [0.25, 0.3) is 0 Å². The van der Waals surface area contributed by atoms with Crippen LogP contribution in [0, 0.1) is 11.8 Å². The van der Waals surface area contributed by atoms with Gasteiger partial charge in [0.15, 0.2) is 0 Å². The molecule has 100 valence electrons. The first kappa shape index (κ1) is 13.7. The van der Waals surface area contributed by atoms with Crippen LogP contribution in [-0.2, 0) is 0 Å². The van der Waals surface area contributed by atoms with Crippen molar-refractivity contribution < 1.29 is 0 Å². The van der Waals surface area contributed by atoms with Gasteiger partial charge in [-0.15, -0.1) is 0 Å². The normalized spacial score (nSPS) is 28.1. The quantitative estimate of drug-likeness (QED) is 0.813. The molecule has 3 heteroatoms. The summed E-state index contributed by atoms with van der Waals surface area (Å²) in [4.78, 5) is 2.77. The van der Waals surface area contributed by atoms with E-state index in [0.717, 1.165) is 17.9 Å². The number of hydrogen-bond donors (Lipinski definition) is 1. The Morgan fingerprint density at radius 2 is 2.00 bits per heavy atom. The molecule has 2 nitrogen and oxygen atoms in total. The molecule has 2 aliphatic heterocycles. The summed E-state index contributed by atoms with van der Waals surface area (Å²) in [5.74, 6) is 4.46. The summed E-state index contributed by atoms with van der Waals surface area (Å²) in [6.07, 6.45) is 4.27. The fourth-order valence-corrected chi connectivity index (χ4v) is 4.07. The summed E-state index contributed by atoms with van der Waals surface area (Å²) >= 11 is 2.14. The zero-order valence-electron chi connectivity index (χ0n) is 11.5. The highest BCUT2D eigenvalue weighted by Gasteiger charge is 2.28. The van der Waals surface area contributed by atoms with E-state index < -0.39 is 0 Å². The van der Waals surface area contributed by atoms with Crippen LogP contribution >= 0.6 is 11.8 Å². The number of nitrogens with zero attached hydrogens (tertiary/aromatic N) is 1. The fraction of sp³-hybridized carbons (Fsp3) is 1.00. The van der Waals surface area contributed by atoms with Crippen molar-refractivity contribution in [2.45, 2.75) is 39.2 Å². The van der Waals surface area contributed by atoms with Gasteiger partial charge in [-0.25, -0.2) is 0 Å². The lowest BCUT2D eigenvalue weighted by Gasteiger charge is -2.30. The lowest BCUT2D eigenvalue weighted by atomic mass is 10.1. The van der Waals surface area contributed by atoms with Crippen molar-refractivity contribution >= 4 is 11.8 Å². The molecule has 2 heterocycles. The van der Waals surface area contributed by atoms with Gasteiger partial charge >= 0.3 is 0 Å². The lowest BCUT2D eigenvalue weighted by Crippen LogP contribution is -2.37. The molecule has 2 rings (SSSR count). The first-order valence-electron chi connectivity index (χ1n) is 7.28. The number of rotatable bonds is 5. The third kappa shape index (κ3) is 4.46. The van der Waals surface area contributed by atoms with Gasteiger partial charge in [-0.05, 0) is 62.2 Å². The standard InChI is InChI=1S/C14H28N2S/c1-12(2)9-15-10-13-3-6-16(11-13)14-4-7-17-8-5-14/h12-15H,3-11H2,1-2H3. The Balaban J connectivity index is 1.64. The molecule has 0 amide bonds. The second kappa shape index (κ2) is 7.01. The second-order valence-electron chi connectivity index (χ2n) is 6.05. The van der Waals surface area contributed by atoms with Gasteiger partial charge in [0, 0.05) is 12.6 Å². The van der Waals surface area contributed by atoms with Gasteiger partial charge < -0.3 is 5.32 Å². The molecule has 0 saturated carbocycles. The Morgan fingerprint density at radius 1 is 1.24 bits per heavy atom. The maximum Gasteiger partial charge on any atom is 0.0111 e. The van der Waals surface area contributed by atoms with Gasteiger partial charge in [-0.1, -0.05) is 13.8 Å². The first-order chi connectivity index (χ1) is 8.25. The monoisotopic (exact) mass is 256 g/mol. The molecule has 1 atom stereocenters. The van der Waals surface area contributed by atoms with Crippen LogP contribution in [0.1, 0.15) is 33.1 Å². The molecule has 17 heavy (non-hydrogen) atoms. The lowest BCUT2D eigenvalue weighted by molar-refractivity contribution is 0.220. The van der Waals surface area contributed by atoms with E-state index in [9.17, 15) is 0 Å². The SMILES string of the molecule is CC(C)CNCC1CCN(C2CCSCC2)C1. The predicted molar refractivity (Wildman–Crippen MR) is 77.7 cm³/mol. The van der Waals surface area contributed by atoms with E-state index in [1.54, 1.807) is 0 Å². The summed E-state index contributed by atoms with van der Waals surface area (Å²) in [7, 11) is 0. The minimum atomic E-state index is 0.780. The molecule has 0 spiro atoms. The number of likely N-dealkylation sites (tertiary alicyclic amines) is 1. The Bertz CT molecular complexity index is 214. The van der Waals surface area contributed by atoms with E-state index in [4.69, 9.17) is 0 Å². The van der Waals surface area contributed by atoms with Crippen molar-refractivity contribution in [3.05, 3.63) is 0 Å². The van der Waals surface area contributed by atoms with E-state index in [2.05, 4.69) is 35.8 Å². The molecule has 0 aromatic carbocycles. The minimum Gasteiger partial charge on any atom is -0.316 e. The molecule has 1 N–H and O–H groups in total. The van der Waals surface area contributed by atoms with Crippen LogP contribution in [-0.4, -0.2) is 48.6 Å². The minimum absolute atomic E-state index is 0.780.